The van der Waals surface area contributed by atoms with E-state index in [0.29, 0.717) is 5.89 Å². The minimum absolute atomic E-state index is 0.237. The highest BCUT2D eigenvalue weighted by Crippen LogP contribution is 2.25. The van der Waals surface area contributed by atoms with Gasteiger partial charge in [-0.25, -0.2) is 0 Å². The normalized spacial score (nSPS) is 19.3. The minimum Gasteiger partial charge on any atom is -0.334 e. The van der Waals surface area contributed by atoms with Gasteiger partial charge < -0.3 is 9.84 Å². The number of hydrogen-bond acceptors (Lipinski definition) is 5. The Labute approximate surface area is 106 Å². The Morgan fingerprint density at radius 1 is 1.28 bits per heavy atom. The largest absolute Gasteiger partial charge is 0.334 e. The third kappa shape index (κ3) is 2.01. The first kappa shape index (κ1) is 11.3. The van der Waals surface area contributed by atoms with Crippen LogP contribution < -0.4 is 5.32 Å². The molecule has 94 valence electrons. The molecule has 1 aliphatic heterocycles. The molecule has 3 heterocycles. The molecule has 0 amide bonds. The first-order valence-electron chi connectivity index (χ1n) is 6.25. The number of aromatic nitrogens is 3. The summed E-state index contributed by atoms with van der Waals surface area (Å²) in [5.74, 6) is 1.31. The van der Waals surface area contributed by atoms with Gasteiger partial charge in [-0.1, -0.05) is 5.16 Å². The predicted octanol–water partition coefficient (Wildman–Crippen LogP) is 2.17. The fraction of sp³-hybridized carbons (Fsp3) is 0.462. The van der Waals surface area contributed by atoms with Gasteiger partial charge in [0.1, 0.15) is 0 Å². The Morgan fingerprint density at radius 3 is 2.89 bits per heavy atom. The number of nitrogens with one attached hydrogen (secondary N) is 1. The molecule has 3 rings (SSSR count). The van der Waals surface area contributed by atoms with Crippen molar-refractivity contribution in [2.45, 2.75) is 32.7 Å². The fourth-order valence-corrected chi connectivity index (χ4v) is 2.30. The molecule has 2 aromatic rings. The molecule has 1 unspecified atom stereocenters. The van der Waals surface area contributed by atoms with Crippen LogP contribution in [0.25, 0.3) is 11.5 Å². The molecule has 0 bridgehead atoms. The van der Waals surface area contributed by atoms with Gasteiger partial charge in [-0.3, -0.25) is 4.98 Å². The number of hydrogen-bond donors (Lipinski definition) is 1. The second kappa shape index (κ2) is 4.49. The van der Waals surface area contributed by atoms with Crippen molar-refractivity contribution in [3.8, 4) is 11.5 Å². The van der Waals surface area contributed by atoms with Crippen LogP contribution in [-0.4, -0.2) is 21.7 Å². The summed E-state index contributed by atoms with van der Waals surface area (Å²) in [5.41, 5.74) is 2.83. The van der Waals surface area contributed by atoms with E-state index >= 15 is 0 Å². The van der Waals surface area contributed by atoms with Gasteiger partial charge in [0.05, 0.1) is 17.3 Å². The number of pyridine rings is 1. The van der Waals surface area contributed by atoms with E-state index < -0.39 is 0 Å². The average Bonchev–Trinajstić information content (AvgIpc) is 2.99. The van der Waals surface area contributed by atoms with Gasteiger partial charge in [0, 0.05) is 5.69 Å². The number of aryl methyl sites for hydroxylation is 2. The van der Waals surface area contributed by atoms with Crippen LogP contribution in [0.15, 0.2) is 16.7 Å². The lowest BCUT2D eigenvalue weighted by Gasteiger charge is -2.02. The molecule has 18 heavy (non-hydrogen) atoms. The molecule has 5 nitrogen and oxygen atoms in total. The standard InChI is InChI=1S/C13H16N4O/c1-8-5-6-10(9(2)15-8)13-16-12(17-18-13)11-4-3-7-14-11/h5-6,11,14H,3-4,7H2,1-2H3. The van der Waals surface area contributed by atoms with Crippen LogP contribution in [0.3, 0.4) is 0 Å². The van der Waals surface area contributed by atoms with Crippen LogP contribution in [-0.2, 0) is 0 Å². The van der Waals surface area contributed by atoms with Gasteiger partial charge in [0.25, 0.3) is 5.89 Å². The zero-order valence-electron chi connectivity index (χ0n) is 10.6. The molecule has 1 atom stereocenters. The van der Waals surface area contributed by atoms with Gasteiger partial charge in [0.2, 0.25) is 0 Å². The summed E-state index contributed by atoms with van der Waals surface area (Å²) < 4.78 is 5.34. The van der Waals surface area contributed by atoms with E-state index in [1.807, 2.05) is 26.0 Å². The van der Waals surface area contributed by atoms with E-state index in [1.165, 1.54) is 6.42 Å². The highest BCUT2D eigenvalue weighted by molar-refractivity contribution is 5.55. The van der Waals surface area contributed by atoms with E-state index in [4.69, 9.17) is 4.52 Å². The van der Waals surface area contributed by atoms with Gasteiger partial charge in [-0.05, 0) is 45.4 Å². The first-order chi connectivity index (χ1) is 8.74. The molecular formula is C13H16N4O. The van der Waals surface area contributed by atoms with Crippen molar-refractivity contribution >= 4 is 0 Å². The maximum absolute atomic E-state index is 5.34. The third-order valence-corrected chi connectivity index (χ3v) is 3.27. The van der Waals surface area contributed by atoms with Crippen molar-refractivity contribution in [1.82, 2.24) is 20.4 Å². The van der Waals surface area contributed by atoms with E-state index in [1.54, 1.807) is 0 Å². The lowest BCUT2D eigenvalue weighted by atomic mass is 10.2. The highest BCUT2D eigenvalue weighted by atomic mass is 16.5. The summed E-state index contributed by atoms with van der Waals surface area (Å²) >= 11 is 0. The van der Waals surface area contributed by atoms with Crippen molar-refractivity contribution in [1.29, 1.82) is 0 Å². The van der Waals surface area contributed by atoms with Crippen LogP contribution in [0.1, 0.15) is 36.1 Å². The van der Waals surface area contributed by atoms with Crippen molar-refractivity contribution in [2.24, 2.45) is 0 Å². The summed E-state index contributed by atoms with van der Waals surface area (Å²) in [6.07, 6.45) is 2.24. The maximum atomic E-state index is 5.34. The third-order valence-electron chi connectivity index (χ3n) is 3.27. The molecule has 0 saturated carbocycles. The van der Waals surface area contributed by atoms with Crippen molar-refractivity contribution in [2.75, 3.05) is 6.54 Å². The van der Waals surface area contributed by atoms with Gasteiger partial charge in [-0.2, -0.15) is 4.98 Å². The van der Waals surface area contributed by atoms with E-state index in [9.17, 15) is 0 Å². The zero-order chi connectivity index (χ0) is 12.5. The average molecular weight is 244 g/mol. The summed E-state index contributed by atoms with van der Waals surface area (Å²) in [4.78, 5) is 8.89. The summed E-state index contributed by atoms with van der Waals surface area (Å²) in [5, 5.41) is 7.42. The van der Waals surface area contributed by atoms with Crippen molar-refractivity contribution < 1.29 is 4.52 Å². The summed E-state index contributed by atoms with van der Waals surface area (Å²) in [6, 6.07) is 4.18. The second-order valence-electron chi connectivity index (χ2n) is 4.69. The summed E-state index contributed by atoms with van der Waals surface area (Å²) in [7, 11) is 0. The lowest BCUT2D eigenvalue weighted by Crippen LogP contribution is -2.14. The Hall–Kier alpha value is -1.75. The van der Waals surface area contributed by atoms with E-state index in [0.717, 1.165) is 35.7 Å². The summed E-state index contributed by atoms with van der Waals surface area (Å²) in [6.45, 7) is 4.96. The topological polar surface area (TPSA) is 63.8 Å². The van der Waals surface area contributed by atoms with E-state index in [2.05, 4.69) is 20.4 Å². The van der Waals surface area contributed by atoms with Crippen LogP contribution in [0.4, 0.5) is 0 Å². The Morgan fingerprint density at radius 2 is 2.17 bits per heavy atom. The molecule has 0 radical (unpaired) electrons. The Balaban J connectivity index is 1.92. The Kier molecular flexibility index (Phi) is 2.83. The maximum Gasteiger partial charge on any atom is 0.259 e. The van der Waals surface area contributed by atoms with Crippen molar-refractivity contribution in [3.63, 3.8) is 0 Å². The Bertz CT molecular complexity index is 558. The number of rotatable bonds is 2. The molecular weight excluding hydrogens is 228 g/mol. The lowest BCUT2D eigenvalue weighted by molar-refractivity contribution is 0.412. The smallest absolute Gasteiger partial charge is 0.259 e. The van der Waals surface area contributed by atoms with Gasteiger partial charge in [-0.15, -0.1) is 0 Å². The monoisotopic (exact) mass is 244 g/mol. The minimum atomic E-state index is 0.237. The molecule has 2 aromatic heterocycles. The van der Waals surface area contributed by atoms with Crippen LogP contribution >= 0.6 is 0 Å². The molecule has 1 fully saturated rings. The van der Waals surface area contributed by atoms with Gasteiger partial charge in [0.15, 0.2) is 5.82 Å². The van der Waals surface area contributed by atoms with Crippen LogP contribution in [0, 0.1) is 13.8 Å². The molecule has 1 aliphatic rings. The molecule has 0 aliphatic carbocycles. The van der Waals surface area contributed by atoms with Crippen molar-refractivity contribution in [3.05, 3.63) is 29.3 Å². The van der Waals surface area contributed by atoms with Crippen LogP contribution in [0.2, 0.25) is 0 Å². The second-order valence-corrected chi connectivity index (χ2v) is 4.69. The SMILES string of the molecule is Cc1ccc(-c2nc(C3CCCN3)no2)c(C)n1. The molecule has 5 heteroatoms. The molecule has 0 aromatic carbocycles. The predicted molar refractivity (Wildman–Crippen MR) is 67.0 cm³/mol. The quantitative estimate of drug-likeness (QED) is 0.877. The number of nitrogens with zero attached hydrogens (tertiary/aromatic N) is 3. The molecule has 1 saturated heterocycles. The molecule has 1 N–H and O–H groups in total. The van der Waals surface area contributed by atoms with Gasteiger partial charge >= 0.3 is 0 Å². The highest BCUT2D eigenvalue weighted by Gasteiger charge is 2.22. The van der Waals surface area contributed by atoms with E-state index in [-0.39, 0.29) is 6.04 Å². The fourth-order valence-electron chi connectivity index (χ4n) is 2.30. The van der Waals surface area contributed by atoms with Crippen LogP contribution in [0.5, 0.6) is 0 Å². The molecule has 0 spiro atoms. The zero-order valence-corrected chi connectivity index (χ0v) is 10.6. The first-order valence-corrected chi connectivity index (χ1v) is 6.25.